The van der Waals surface area contributed by atoms with Crippen molar-refractivity contribution >= 4 is 33.3 Å². The number of H-pyrrole nitrogens is 1. The van der Waals surface area contributed by atoms with Crippen LogP contribution >= 0.6 is 11.3 Å². The fraction of sp³-hybridized carbons (Fsp3) is 0.0769. The van der Waals surface area contributed by atoms with Crippen LogP contribution in [0.1, 0.15) is 10.5 Å². The van der Waals surface area contributed by atoms with Gasteiger partial charge in [0.05, 0.1) is 7.11 Å². The number of carbonyl (C=O) groups is 1. The molecule has 1 amide bonds. The molecule has 0 radical (unpaired) electrons. The van der Waals surface area contributed by atoms with E-state index in [1.165, 1.54) is 11.3 Å². The van der Waals surface area contributed by atoms with Gasteiger partial charge in [-0.2, -0.15) is 0 Å². The summed E-state index contributed by atoms with van der Waals surface area (Å²) in [7, 11) is 1.61. The Morgan fingerprint density at radius 3 is 3.05 bits per heavy atom. The Bertz CT molecular complexity index is 719. The molecule has 0 saturated heterocycles. The molecule has 96 valence electrons. The Balaban J connectivity index is 1.90. The normalized spacial score (nSPS) is 10.6. The largest absolute Gasteiger partial charge is 0.497 e. The second kappa shape index (κ2) is 4.74. The van der Waals surface area contributed by atoms with Crippen molar-refractivity contribution < 1.29 is 9.53 Å². The van der Waals surface area contributed by atoms with Gasteiger partial charge in [-0.25, -0.2) is 4.98 Å². The maximum atomic E-state index is 12.0. The summed E-state index contributed by atoms with van der Waals surface area (Å²) >= 11 is 1.38. The number of hydrogen-bond acceptors (Lipinski definition) is 4. The fourth-order valence-electron chi connectivity index (χ4n) is 1.81. The zero-order valence-electron chi connectivity index (χ0n) is 10.1. The molecular formula is C13H11N3O2S. The van der Waals surface area contributed by atoms with E-state index in [2.05, 4.69) is 15.3 Å². The van der Waals surface area contributed by atoms with Crippen LogP contribution in [0.5, 0.6) is 5.75 Å². The molecular weight excluding hydrogens is 262 g/mol. The number of ether oxygens (including phenoxy) is 1. The highest BCUT2D eigenvalue weighted by molar-refractivity contribution is 7.13. The Hall–Kier alpha value is -2.34. The molecule has 0 unspecified atom stereocenters. The van der Waals surface area contributed by atoms with E-state index in [-0.39, 0.29) is 5.91 Å². The molecule has 2 heterocycles. The van der Waals surface area contributed by atoms with Crippen molar-refractivity contribution in [1.82, 2.24) is 9.97 Å². The second-order valence-electron chi connectivity index (χ2n) is 3.93. The van der Waals surface area contributed by atoms with Gasteiger partial charge in [-0.15, -0.1) is 11.3 Å². The predicted octanol–water partition coefficient (Wildman–Crippen LogP) is 2.89. The maximum absolute atomic E-state index is 12.0. The summed E-state index contributed by atoms with van der Waals surface area (Å²) in [5.41, 5.74) is 1.39. The number of hydrogen-bond donors (Lipinski definition) is 2. The van der Waals surface area contributed by atoms with Gasteiger partial charge in [0, 0.05) is 22.5 Å². The second-order valence-corrected chi connectivity index (χ2v) is 4.82. The molecule has 3 aromatic rings. The third-order valence-corrected chi connectivity index (χ3v) is 3.41. The highest BCUT2D eigenvalue weighted by Gasteiger charge is 2.11. The molecule has 1 aromatic carbocycles. The molecule has 19 heavy (non-hydrogen) atoms. The Morgan fingerprint density at radius 2 is 2.32 bits per heavy atom. The van der Waals surface area contributed by atoms with Crippen LogP contribution in [0, 0.1) is 0 Å². The van der Waals surface area contributed by atoms with Crippen molar-refractivity contribution in [3.05, 3.63) is 41.5 Å². The number of methoxy groups -OCH3 is 1. The predicted molar refractivity (Wildman–Crippen MR) is 74.9 cm³/mol. The lowest BCUT2D eigenvalue weighted by atomic mass is 10.2. The topological polar surface area (TPSA) is 67.0 Å². The number of thiazole rings is 1. The quantitative estimate of drug-likeness (QED) is 0.771. The van der Waals surface area contributed by atoms with Gasteiger partial charge in [0.1, 0.15) is 11.4 Å². The zero-order valence-corrected chi connectivity index (χ0v) is 11.0. The third kappa shape index (κ3) is 2.30. The van der Waals surface area contributed by atoms with Crippen LogP contribution in [0.3, 0.4) is 0 Å². The van der Waals surface area contributed by atoms with Crippen LogP contribution in [-0.2, 0) is 0 Å². The number of nitrogens with zero attached hydrogens (tertiary/aromatic N) is 1. The molecule has 2 aromatic heterocycles. The first-order valence-electron chi connectivity index (χ1n) is 5.64. The minimum Gasteiger partial charge on any atom is -0.497 e. The fourth-order valence-corrected chi connectivity index (χ4v) is 2.33. The van der Waals surface area contributed by atoms with Crippen LogP contribution < -0.4 is 10.1 Å². The molecule has 0 saturated carbocycles. The van der Waals surface area contributed by atoms with Gasteiger partial charge in [-0.3, -0.25) is 10.1 Å². The molecule has 3 rings (SSSR count). The Labute approximate surface area is 113 Å². The summed E-state index contributed by atoms with van der Waals surface area (Å²) in [5, 5.41) is 6.06. The standard InChI is InChI=1S/C13H11N3O2S/c1-18-9-2-3-10-8(6-9)7-11(15-10)12(17)16-13-14-4-5-19-13/h2-7,15H,1H3,(H,14,16,17). The smallest absolute Gasteiger partial charge is 0.273 e. The minimum atomic E-state index is -0.204. The van der Waals surface area contributed by atoms with Gasteiger partial charge < -0.3 is 9.72 Å². The van der Waals surface area contributed by atoms with Crippen LogP contribution in [0.25, 0.3) is 10.9 Å². The average Bonchev–Trinajstić information content (AvgIpc) is 3.05. The highest BCUT2D eigenvalue weighted by atomic mass is 32.1. The van der Waals surface area contributed by atoms with Gasteiger partial charge in [0.25, 0.3) is 5.91 Å². The first-order valence-corrected chi connectivity index (χ1v) is 6.52. The van der Waals surface area contributed by atoms with Crippen LogP contribution in [0.15, 0.2) is 35.8 Å². The van der Waals surface area contributed by atoms with Crippen molar-refractivity contribution in [2.24, 2.45) is 0 Å². The van der Waals surface area contributed by atoms with Gasteiger partial charge in [0.15, 0.2) is 5.13 Å². The number of amides is 1. The lowest BCUT2D eigenvalue weighted by Crippen LogP contribution is -2.11. The molecule has 0 bridgehead atoms. The van der Waals surface area contributed by atoms with E-state index in [9.17, 15) is 4.79 Å². The van der Waals surface area contributed by atoms with Crippen molar-refractivity contribution in [3.8, 4) is 5.75 Å². The summed E-state index contributed by atoms with van der Waals surface area (Å²) in [6.07, 6.45) is 1.65. The number of fused-ring (bicyclic) bond motifs is 1. The van der Waals surface area contributed by atoms with Crippen molar-refractivity contribution in [2.75, 3.05) is 12.4 Å². The number of benzene rings is 1. The average molecular weight is 273 g/mol. The molecule has 6 heteroatoms. The van der Waals surface area contributed by atoms with Gasteiger partial charge in [0.2, 0.25) is 0 Å². The van der Waals surface area contributed by atoms with Crippen molar-refractivity contribution in [2.45, 2.75) is 0 Å². The minimum absolute atomic E-state index is 0.204. The molecule has 0 aliphatic heterocycles. The Morgan fingerprint density at radius 1 is 1.42 bits per heavy atom. The van der Waals surface area contributed by atoms with Gasteiger partial charge >= 0.3 is 0 Å². The van der Waals surface area contributed by atoms with E-state index in [1.54, 1.807) is 19.4 Å². The van der Waals surface area contributed by atoms with E-state index < -0.39 is 0 Å². The summed E-state index contributed by atoms with van der Waals surface area (Å²) in [5.74, 6) is 0.559. The maximum Gasteiger partial charge on any atom is 0.273 e. The zero-order chi connectivity index (χ0) is 13.2. The molecule has 0 aliphatic rings. The molecule has 0 spiro atoms. The summed E-state index contributed by atoms with van der Waals surface area (Å²) in [6, 6.07) is 7.41. The van der Waals surface area contributed by atoms with Crippen molar-refractivity contribution in [1.29, 1.82) is 0 Å². The van der Waals surface area contributed by atoms with E-state index in [4.69, 9.17) is 4.74 Å². The molecule has 5 nitrogen and oxygen atoms in total. The number of carbonyl (C=O) groups excluding carboxylic acids is 1. The molecule has 0 atom stereocenters. The number of nitrogens with one attached hydrogen (secondary N) is 2. The number of anilines is 1. The third-order valence-electron chi connectivity index (χ3n) is 2.73. The van der Waals surface area contributed by atoms with Gasteiger partial charge in [-0.1, -0.05) is 0 Å². The highest BCUT2D eigenvalue weighted by Crippen LogP contribution is 2.22. The monoisotopic (exact) mass is 273 g/mol. The van der Waals surface area contributed by atoms with E-state index in [1.807, 2.05) is 23.6 Å². The van der Waals surface area contributed by atoms with Crippen LogP contribution in [0.2, 0.25) is 0 Å². The summed E-state index contributed by atoms with van der Waals surface area (Å²) < 4.78 is 5.15. The number of aromatic nitrogens is 2. The van der Waals surface area contributed by atoms with Gasteiger partial charge in [-0.05, 0) is 24.3 Å². The van der Waals surface area contributed by atoms with Crippen LogP contribution in [-0.4, -0.2) is 23.0 Å². The SMILES string of the molecule is COc1ccc2[nH]c(C(=O)Nc3nccs3)cc2c1. The summed E-state index contributed by atoms with van der Waals surface area (Å²) in [6.45, 7) is 0. The molecule has 0 fully saturated rings. The first kappa shape index (κ1) is 11.7. The van der Waals surface area contributed by atoms with E-state index in [0.717, 1.165) is 16.7 Å². The van der Waals surface area contributed by atoms with E-state index in [0.29, 0.717) is 10.8 Å². The Kier molecular flexibility index (Phi) is 2.92. The first-order chi connectivity index (χ1) is 9.26. The van der Waals surface area contributed by atoms with E-state index >= 15 is 0 Å². The van der Waals surface area contributed by atoms with Crippen molar-refractivity contribution in [3.63, 3.8) is 0 Å². The summed E-state index contributed by atoms with van der Waals surface area (Å²) in [4.78, 5) is 19.1. The lowest BCUT2D eigenvalue weighted by molar-refractivity contribution is 0.102. The molecule has 2 N–H and O–H groups in total. The number of aromatic amines is 1. The molecule has 0 aliphatic carbocycles. The lowest BCUT2D eigenvalue weighted by Gasteiger charge is -1.97. The van der Waals surface area contributed by atoms with Crippen LogP contribution in [0.4, 0.5) is 5.13 Å². The number of rotatable bonds is 3.